The SMILES string of the molecule is Cc1nc(C(=O)N2CCOC3(CCCCc4ccccc4OCCNC3=O)C2)nn1-c1ccccc1. The minimum atomic E-state index is -1.11. The molecule has 5 rings (SSSR count). The molecule has 36 heavy (non-hydrogen) atoms. The van der Waals surface area contributed by atoms with Crippen LogP contribution in [0.2, 0.25) is 0 Å². The summed E-state index contributed by atoms with van der Waals surface area (Å²) in [7, 11) is 0. The van der Waals surface area contributed by atoms with Crippen LogP contribution in [0.5, 0.6) is 5.75 Å². The topological polar surface area (TPSA) is 98.6 Å². The Balaban J connectivity index is 1.33. The Morgan fingerprint density at radius 2 is 1.86 bits per heavy atom. The highest BCUT2D eigenvalue weighted by Crippen LogP contribution is 2.28. The molecule has 0 bridgehead atoms. The lowest BCUT2D eigenvalue weighted by molar-refractivity contribution is -0.159. The molecule has 1 aromatic heterocycles. The van der Waals surface area contributed by atoms with Crippen LogP contribution in [-0.2, 0) is 16.0 Å². The zero-order chi connectivity index (χ0) is 25.0. The average molecular weight is 490 g/mol. The maximum absolute atomic E-state index is 13.4. The Bertz CT molecular complexity index is 1230. The Morgan fingerprint density at radius 3 is 2.72 bits per heavy atom. The standard InChI is InChI=1S/C27H31N5O4/c1-20-29-24(30-32(20)22-11-3-2-4-12-22)25(33)31-16-18-36-27(19-31)14-8-7-10-21-9-5-6-13-23(21)35-17-15-28-26(27)34/h2-6,9,11-13H,7-8,10,14-19H2,1H3,(H,28,34). The molecule has 9 heteroatoms. The number of aromatic nitrogens is 3. The van der Waals surface area contributed by atoms with Crippen molar-refractivity contribution < 1.29 is 19.1 Å². The van der Waals surface area contributed by atoms with Gasteiger partial charge in [0.05, 0.1) is 25.4 Å². The highest BCUT2D eigenvalue weighted by atomic mass is 16.5. The van der Waals surface area contributed by atoms with Crippen LogP contribution >= 0.6 is 0 Å². The second-order valence-electron chi connectivity index (χ2n) is 9.22. The van der Waals surface area contributed by atoms with Gasteiger partial charge in [-0.25, -0.2) is 9.67 Å². The lowest BCUT2D eigenvalue weighted by Crippen LogP contribution is -2.61. The number of nitrogens with zero attached hydrogens (tertiary/aromatic N) is 4. The summed E-state index contributed by atoms with van der Waals surface area (Å²) in [5.74, 6) is 1.09. The fourth-order valence-corrected chi connectivity index (χ4v) is 4.86. The van der Waals surface area contributed by atoms with Crippen molar-refractivity contribution in [3.8, 4) is 11.4 Å². The number of para-hydroxylation sites is 2. The number of nitrogens with one attached hydrogen (secondary N) is 1. The summed E-state index contributed by atoms with van der Waals surface area (Å²) >= 11 is 0. The molecule has 3 aromatic rings. The Hall–Kier alpha value is -3.72. The Morgan fingerprint density at radius 1 is 1.06 bits per heavy atom. The smallest absolute Gasteiger partial charge is 0.293 e. The molecule has 1 unspecified atom stereocenters. The summed E-state index contributed by atoms with van der Waals surface area (Å²) in [5.41, 5.74) is 0.890. The molecule has 3 heterocycles. The van der Waals surface area contributed by atoms with Crippen molar-refractivity contribution in [2.75, 3.05) is 32.8 Å². The van der Waals surface area contributed by atoms with Crippen molar-refractivity contribution in [1.29, 1.82) is 0 Å². The Labute approximate surface area is 210 Å². The van der Waals surface area contributed by atoms with Crippen LogP contribution in [0.4, 0.5) is 0 Å². The predicted molar refractivity (Wildman–Crippen MR) is 133 cm³/mol. The summed E-state index contributed by atoms with van der Waals surface area (Å²) < 4.78 is 13.7. The number of ether oxygens (including phenoxy) is 2. The van der Waals surface area contributed by atoms with Crippen molar-refractivity contribution in [1.82, 2.24) is 25.0 Å². The number of aryl methyl sites for hydroxylation is 2. The third kappa shape index (κ3) is 4.97. The molecule has 0 radical (unpaired) electrons. The molecular weight excluding hydrogens is 458 g/mol. The molecule has 2 amide bonds. The third-order valence-corrected chi connectivity index (χ3v) is 6.74. The largest absolute Gasteiger partial charge is 0.491 e. The van der Waals surface area contributed by atoms with E-state index in [4.69, 9.17) is 9.47 Å². The molecule has 1 fully saturated rings. The van der Waals surface area contributed by atoms with Crippen LogP contribution in [0, 0.1) is 6.92 Å². The first-order chi connectivity index (χ1) is 17.6. The molecule has 9 nitrogen and oxygen atoms in total. The summed E-state index contributed by atoms with van der Waals surface area (Å²) in [6.07, 6.45) is 3.05. The number of carbonyl (C=O) groups excluding carboxylic acids is 2. The quantitative estimate of drug-likeness (QED) is 0.594. The molecule has 2 aliphatic rings. The average Bonchev–Trinajstić information content (AvgIpc) is 3.30. The molecule has 0 aliphatic carbocycles. The third-order valence-electron chi connectivity index (χ3n) is 6.74. The van der Waals surface area contributed by atoms with Gasteiger partial charge in [-0.15, -0.1) is 5.10 Å². The lowest BCUT2D eigenvalue weighted by atomic mass is 9.91. The molecule has 188 valence electrons. The molecule has 1 atom stereocenters. The van der Waals surface area contributed by atoms with E-state index in [0.29, 0.717) is 31.9 Å². The summed E-state index contributed by atoms with van der Waals surface area (Å²) in [6.45, 7) is 3.35. The molecule has 1 N–H and O–H groups in total. The van der Waals surface area contributed by atoms with Gasteiger partial charge in [0, 0.05) is 6.54 Å². The number of rotatable bonds is 2. The zero-order valence-corrected chi connectivity index (χ0v) is 20.5. The second-order valence-corrected chi connectivity index (χ2v) is 9.22. The molecule has 0 saturated carbocycles. The monoisotopic (exact) mass is 489 g/mol. The van der Waals surface area contributed by atoms with Gasteiger partial charge in [0.2, 0.25) is 5.82 Å². The summed E-state index contributed by atoms with van der Waals surface area (Å²) in [4.78, 5) is 32.8. The maximum atomic E-state index is 13.4. The molecule has 1 spiro atoms. The van der Waals surface area contributed by atoms with Crippen LogP contribution in [0.3, 0.4) is 0 Å². The van der Waals surface area contributed by atoms with E-state index in [0.717, 1.165) is 36.3 Å². The fourth-order valence-electron chi connectivity index (χ4n) is 4.86. The number of morpholine rings is 1. The first-order valence-electron chi connectivity index (χ1n) is 12.5. The van der Waals surface area contributed by atoms with E-state index in [-0.39, 0.29) is 30.8 Å². The minimum Gasteiger partial charge on any atom is -0.491 e. The van der Waals surface area contributed by atoms with E-state index in [2.05, 4.69) is 21.5 Å². The second kappa shape index (κ2) is 10.5. The predicted octanol–water partition coefficient (Wildman–Crippen LogP) is 2.71. The van der Waals surface area contributed by atoms with Crippen molar-refractivity contribution >= 4 is 11.8 Å². The van der Waals surface area contributed by atoms with Gasteiger partial charge in [-0.3, -0.25) is 9.59 Å². The number of fused-ring (bicyclic) bond motifs is 1. The molecule has 2 aliphatic heterocycles. The van der Waals surface area contributed by atoms with Crippen molar-refractivity contribution in [3.63, 3.8) is 0 Å². The number of amides is 2. The number of hydrogen-bond donors (Lipinski definition) is 1. The first-order valence-corrected chi connectivity index (χ1v) is 12.5. The number of hydrogen-bond acceptors (Lipinski definition) is 6. The van der Waals surface area contributed by atoms with Gasteiger partial charge in [-0.1, -0.05) is 36.4 Å². The van der Waals surface area contributed by atoms with Crippen molar-refractivity contribution in [3.05, 3.63) is 71.8 Å². The fraction of sp³-hybridized carbons (Fsp3) is 0.407. The summed E-state index contributed by atoms with van der Waals surface area (Å²) in [5, 5.41) is 7.43. The van der Waals surface area contributed by atoms with Crippen LogP contribution < -0.4 is 10.1 Å². The molecule has 2 aromatic carbocycles. The number of benzene rings is 2. The maximum Gasteiger partial charge on any atom is 0.293 e. The zero-order valence-electron chi connectivity index (χ0n) is 20.5. The van der Waals surface area contributed by atoms with Gasteiger partial charge in [-0.05, 0) is 56.4 Å². The van der Waals surface area contributed by atoms with Crippen LogP contribution in [0.15, 0.2) is 54.6 Å². The van der Waals surface area contributed by atoms with Gasteiger partial charge in [-0.2, -0.15) is 0 Å². The normalized spacial score (nSPS) is 21.0. The van der Waals surface area contributed by atoms with Gasteiger partial charge >= 0.3 is 0 Å². The van der Waals surface area contributed by atoms with E-state index >= 15 is 0 Å². The Kier molecular flexibility index (Phi) is 6.99. The molecule has 1 saturated heterocycles. The van der Waals surface area contributed by atoms with E-state index in [1.807, 2.05) is 55.5 Å². The van der Waals surface area contributed by atoms with Gasteiger partial charge in [0.15, 0.2) is 5.60 Å². The van der Waals surface area contributed by atoms with Crippen LogP contribution in [-0.4, -0.2) is 69.9 Å². The lowest BCUT2D eigenvalue weighted by Gasteiger charge is -2.41. The van der Waals surface area contributed by atoms with Crippen molar-refractivity contribution in [2.45, 2.75) is 38.2 Å². The van der Waals surface area contributed by atoms with E-state index in [1.165, 1.54) is 0 Å². The highest BCUT2D eigenvalue weighted by molar-refractivity contribution is 5.92. The van der Waals surface area contributed by atoms with Gasteiger partial charge in [0.1, 0.15) is 18.2 Å². The first kappa shape index (κ1) is 24.0. The molecular formula is C27H31N5O4. The summed E-state index contributed by atoms with van der Waals surface area (Å²) in [6, 6.07) is 17.6. The minimum absolute atomic E-state index is 0.118. The van der Waals surface area contributed by atoms with E-state index < -0.39 is 5.60 Å². The van der Waals surface area contributed by atoms with E-state index in [1.54, 1.807) is 9.58 Å². The van der Waals surface area contributed by atoms with Gasteiger partial charge in [0.25, 0.3) is 11.8 Å². The number of carbonyl (C=O) groups is 2. The van der Waals surface area contributed by atoms with Gasteiger partial charge < -0.3 is 19.7 Å². The highest BCUT2D eigenvalue weighted by Gasteiger charge is 2.45. The van der Waals surface area contributed by atoms with Crippen LogP contribution in [0.1, 0.15) is 41.3 Å². The van der Waals surface area contributed by atoms with Crippen molar-refractivity contribution in [2.24, 2.45) is 0 Å². The van der Waals surface area contributed by atoms with E-state index in [9.17, 15) is 9.59 Å². The van der Waals surface area contributed by atoms with Crippen LogP contribution in [0.25, 0.3) is 5.69 Å².